The molecule has 3 rings (SSSR count). The third-order valence-electron chi connectivity index (χ3n) is 3.65. The van der Waals surface area contributed by atoms with Gasteiger partial charge in [-0.1, -0.05) is 6.92 Å². The summed E-state index contributed by atoms with van der Waals surface area (Å²) in [7, 11) is 0. The van der Waals surface area contributed by atoms with E-state index in [1.54, 1.807) is 0 Å². The lowest BCUT2D eigenvalue weighted by Crippen LogP contribution is -2.37. The van der Waals surface area contributed by atoms with Crippen molar-refractivity contribution in [2.24, 2.45) is 0 Å². The number of aromatic nitrogens is 2. The summed E-state index contributed by atoms with van der Waals surface area (Å²) in [5, 5.41) is 0. The lowest BCUT2D eigenvalue weighted by Gasteiger charge is -2.24. The standard InChI is InChI=1S/C13H18N2O5/c1-4-7-9-10(20-13(2,3)19-9)11(18-7)15-6-5-8(16)14-12(15)17/h5-7,9-11H,4H2,1-3H3,(H,14,16,17)/t7-,9-,10-,11-/m1/s1. The highest BCUT2D eigenvalue weighted by Gasteiger charge is 2.55. The van der Waals surface area contributed by atoms with Gasteiger partial charge in [0, 0.05) is 12.3 Å². The van der Waals surface area contributed by atoms with E-state index >= 15 is 0 Å². The molecule has 0 aromatic carbocycles. The van der Waals surface area contributed by atoms with E-state index in [1.165, 1.54) is 16.8 Å². The summed E-state index contributed by atoms with van der Waals surface area (Å²) in [6, 6.07) is 1.29. The predicted octanol–water partition coefficient (Wildman–Crippen LogP) is 0.364. The Morgan fingerprint density at radius 2 is 2.00 bits per heavy atom. The van der Waals surface area contributed by atoms with Gasteiger partial charge in [0.15, 0.2) is 12.0 Å². The van der Waals surface area contributed by atoms with Gasteiger partial charge in [0.1, 0.15) is 12.2 Å². The van der Waals surface area contributed by atoms with Crippen LogP contribution in [0.1, 0.15) is 33.4 Å². The van der Waals surface area contributed by atoms with Crippen LogP contribution in [-0.2, 0) is 14.2 Å². The maximum atomic E-state index is 11.9. The summed E-state index contributed by atoms with van der Waals surface area (Å²) < 4.78 is 18.9. The molecule has 20 heavy (non-hydrogen) atoms. The first kappa shape index (κ1) is 13.5. The van der Waals surface area contributed by atoms with Gasteiger partial charge in [-0.2, -0.15) is 0 Å². The zero-order valence-corrected chi connectivity index (χ0v) is 11.7. The Morgan fingerprint density at radius 3 is 2.65 bits per heavy atom. The van der Waals surface area contributed by atoms with Crippen molar-refractivity contribution < 1.29 is 14.2 Å². The van der Waals surface area contributed by atoms with Crippen molar-refractivity contribution in [3.63, 3.8) is 0 Å². The average molecular weight is 282 g/mol. The van der Waals surface area contributed by atoms with Gasteiger partial charge in [0.05, 0.1) is 6.10 Å². The molecule has 4 atom stereocenters. The molecule has 7 nitrogen and oxygen atoms in total. The lowest BCUT2D eigenvalue weighted by atomic mass is 10.1. The van der Waals surface area contributed by atoms with Crippen molar-refractivity contribution in [1.29, 1.82) is 0 Å². The molecule has 3 heterocycles. The maximum Gasteiger partial charge on any atom is 0.330 e. The van der Waals surface area contributed by atoms with Crippen LogP contribution in [-0.4, -0.2) is 33.7 Å². The Balaban J connectivity index is 1.98. The van der Waals surface area contributed by atoms with Gasteiger partial charge < -0.3 is 14.2 Å². The molecule has 0 bridgehead atoms. The molecule has 0 spiro atoms. The zero-order valence-electron chi connectivity index (χ0n) is 11.7. The highest BCUT2D eigenvalue weighted by Crippen LogP contribution is 2.43. The number of aromatic amines is 1. The molecule has 0 unspecified atom stereocenters. The number of hydrogen-bond acceptors (Lipinski definition) is 5. The number of nitrogens with one attached hydrogen (secondary N) is 1. The van der Waals surface area contributed by atoms with Crippen molar-refractivity contribution in [3.05, 3.63) is 33.1 Å². The topological polar surface area (TPSA) is 82.6 Å². The van der Waals surface area contributed by atoms with Crippen LogP contribution >= 0.6 is 0 Å². The fourth-order valence-electron chi connectivity index (χ4n) is 2.84. The number of H-pyrrole nitrogens is 1. The van der Waals surface area contributed by atoms with E-state index in [4.69, 9.17) is 14.2 Å². The average Bonchev–Trinajstić information content (AvgIpc) is 2.83. The van der Waals surface area contributed by atoms with Crippen LogP contribution in [0.25, 0.3) is 0 Å². The largest absolute Gasteiger partial charge is 0.349 e. The number of hydrogen-bond donors (Lipinski definition) is 1. The number of ether oxygens (including phenoxy) is 3. The molecule has 2 aliphatic heterocycles. The second-order valence-corrected chi connectivity index (χ2v) is 5.56. The first-order chi connectivity index (χ1) is 9.41. The van der Waals surface area contributed by atoms with Crippen molar-refractivity contribution in [3.8, 4) is 0 Å². The highest BCUT2D eigenvalue weighted by molar-refractivity contribution is 4.98. The third-order valence-corrected chi connectivity index (χ3v) is 3.65. The van der Waals surface area contributed by atoms with Gasteiger partial charge in [-0.15, -0.1) is 0 Å². The van der Waals surface area contributed by atoms with Crippen LogP contribution in [0.4, 0.5) is 0 Å². The Hall–Kier alpha value is -1.44. The highest BCUT2D eigenvalue weighted by atomic mass is 16.8. The van der Waals surface area contributed by atoms with E-state index in [2.05, 4.69) is 4.98 Å². The summed E-state index contributed by atoms with van der Waals surface area (Å²) in [4.78, 5) is 25.3. The van der Waals surface area contributed by atoms with Gasteiger partial charge in [0.25, 0.3) is 5.56 Å². The van der Waals surface area contributed by atoms with Gasteiger partial charge in [-0.05, 0) is 20.3 Å². The molecule has 0 saturated carbocycles. The molecule has 0 amide bonds. The predicted molar refractivity (Wildman–Crippen MR) is 69.3 cm³/mol. The van der Waals surface area contributed by atoms with E-state index in [0.29, 0.717) is 0 Å². The van der Waals surface area contributed by atoms with Crippen LogP contribution < -0.4 is 11.2 Å². The van der Waals surface area contributed by atoms with Crippen molar-refractivity contribution in [2.75, 3.05) is 0 Å². The van der Waals surface area contributed by atoms with Crippen LogP contribution in [0.2, 0.25) is 0 Å². The van der Waals surface area contributed by atoms with Gasteiger partial charge in [-0.25, -0.2) is 4.79 Å². The third kappa shape index (κ3) is 2.11. The monoisotopic (exact) mass is 282 g/mol. The van der Waals surface area contributed by atoms with Crippen LogP contribution in [0.15, 0.2) is 21.9 Å². The molecule has 1 N–H and O–H groups in total. The van der Waals surface area contributed by atoms with Crippen molar-refractivity contribution in [2.45, 2.75) is 57.5 Å². The fraction of sp³-hybridized carbons (Fsp3) is 0.692. The fourth-order valence-corrected chi connectivity index (χ4v) is 2.84. The molecule has 1 aromatic rings. The Kier molecular flexibility index (Phi) is 3.07. The summed E-state index contributed by atoms with van der Waals surface area (Å²) in [5.74, 6) is -0.698. The molecular weight excluding hydrogens is 264 g/mol. The van der Waals surface area contributed by atoms with Crippen LogP contribution in [0.5, 0.6) is 0 Å². The van der Waals surface area contributed by atoms with E-state index in [9.17, 15) is 9.59 Å². The Labute approximate surface area is 115 Å². The molecule has 110 valence electrons. The second-order valence-electron chi connectivity index (χ2n) is 5.56. The molecule has 2 saturated heterocycles. The molecule has 2 fully saturated rings. The molecule has 0 radical (unpaired) electrons. The van der Waals surface area contributed by atoms with Crippen LogP contribution in [0, 0.1) is 0 Å². The molecule has 1 aromatic heterocycles. The van der Waals surface area contributed by atoms with E-state index in [-0.39, 0.29) is 18.3 Å². The van der Waals surface area contributed by atoms with Gasteiger partial charge >= 0.3 is 5.69 Å². The second kappa shape index (κ2) is 4.54. The van der Waals surface area contributed by atoms with Gasteiger partial charge in [0.2, 0.25) is 0 Å². The maximum absolute atomic E-state index is 11.9. The molecular formula is C13H18N2O5. The first-order valence-corrected chi connectivity index (χ1v) is 6.74. The van der Waals surface area contributed by atoms with E-state index in [0.717, 1.165) is 6.42 Å². The van der Waals surface area contributed by atoms with E-state index < -0.39 is 23.3 Å². The minimum atomic E-state index is -0.698. The van der Waals surface area contributed by atoms with E-state index in [1.807, 2.05) is 20.8 Å². The summed E-state index contributed by atoms with van der Waals surface area (Å²) in [6.07, 6.45) is 0.893. The lowest BCUT2D eigenvalue weighted by molar-refractivity contribution is -0.197. The number of rotatable bonds is 2. The Morgan fingerprint density at radius 1 is 1.30 bits per heavy atom. The van der Waals surface area contributed by atoms with Crippen LogP contribution in [0.3, 0.4) is 0 Å². The number of nitrogens with zero attached hydrogens (tertiary/aromatic N) is 1. The minimum absolute atomic E-state index is 0.134. The first-order valence-electron chi connectivity index (χ1n) is 6.74. The van der Waals surface area contributed by atoms with Crippen molar-refractivity contribution in [1.82, 2.24) is 9.55 Å². The number of fused-ring (bicyclic) bond motifs is 1. The molecule has 7 heteroatoms. The minimum Gasteiger partial charge on any atom is -0.349 e. The molecule has 2 aliphatic rings. The molecule has 0 aliphatic carbocycles. The summed E-state index contributed by atoms with van der Waals surface area (Å²) in [5.41, 5.74) is -0.942. The normalized spacial score (nSPS) is 35.1. The zero-order chi connectivity index (χ0) is 14.5. The SMILES string of the molecule is CC[C@H]1O[C@@H](n2ccc(=O)[nH]c2=O)[C@@H]2OC(C)(C)O[C@@H]21. The van der Waals surface area contributed by atoms with Gasteiger partial charge in [-0.3, -0.25) is 14.3 Å². The summed E-state index contributed by atoms with van der Waals surface area (Å²) >= 11 is 0. The Bertz CT molecular complexity index is 620. The summed E-state index contributed by atoms with van der Waals surface area (Å²) in [6.45, 7) is 5.67. The van der Waals surface area contributed by atoms with Crippen molar-refractivity contribution >= 4 is 0 Å². The smallest absolute Gasteiger partial charge is 0.330 e. The quantitative estimate of drug-likeness (QED) is 0.847.